The van der Waals surface area contributed by atoms with Gasteiger partial charge in [-0.15, -0.1) is 0 Å². The van der Waals surface area contributed by atoms with Crippen molar-refractivity contribution in [3.63, 3.8) is 0 Å². The Balaban J connectivity index is 0. The van der Waals surface area contributed by atoms with Crippen molar-refractivity contribution in [3.05, 3.63) is 18.7 Å². The molecule has 5 heteroatoms. The number of rotatable bonds is 1. The second kappa shape index (κ2) is 4.63. The first kappa shape index (κ1) is 8.76. The van der Waals surface area contributed by atoms with Gasteiger partial charge < -0.3 is 4.48 Å². The molecule has 1 heterocycles. The summed E-state index contributed by atoms with van der Waals surface area (Å²) in [5, 5.41) is 8.14. The summed E-state index contributed by atoms with van der Waals surface area (Å²) in [4.78, 5) is 3.75. The van der Waals surface area contributed by atoms with E-state index in [-0.39, 0.29) is 31.0 Å². The van der Waals surface area contributed by atoms with Crippen molar-refractivity contribution in [2.75, 3.05) is 0 Å². The molecule has 0 unspecified atom stereocenters. The molecule has 0 saturated carbocycles. The molecule has 1 aromatic heterocycles. The minimum absolute atomic E-state index is 0. The number of aromatic nitrogens is 2. The van der Waals surface area contributed by atoms with Crippen molar-refractivity contribution in [2.24, 2.45) is 0 Å². The quantitative estimate of drug-likeness (QED) is 0.458. The third-order valence-electron chi connectivity index (χ3n) is 0.812. The van der Waals surface area contributed by atoms with Crippen molar-refractivity contribution in [1.29, 1.82) is 5.26 Å². The third kappa shape index (κ3) is 2.71. The minimum atomic E-state index is 0. The van der Waals surface area contributed by atoms with Crippen molar-refractivity contribution in [3.8, 4) is 5.97 Å². The van der Waals surface area contributed by atoms with Crippen LogP contribution in [0.25, 0.3) is 0 Å². The van der Waals surface area contributed by atoms with Gasteiger partial charge in [0.15, 0.2) is 0 Å². The zero-order chi connectivity index (χ0) is 5.82. The van der Waals surface area contributed by atoms with Crippen molar-refractivity contribution >= 4 is 37.0 Å². The van der Waals surface area contributed by atoms with E-state index in [0.29, 0.717) is 7.41 Å². The van der Waals surface area contributed by atoms with E-state index in [0.717, 1.165) is 0 Å². The Hall–Kier alpha value is -0.235. The van der Waals surface area contributed by atoms with Gasteiger partial charge in [-0.3, -0.25) is 0 Å². The Labute approximate surface area is 77.7 Å². The normalized spacial score (nSPS) is 7.00. The Morgan fingerprint density at radius 1 is 1.78 bits per heavy atom. The van der Waals surface area contributed by atoms with Crippen LogP contribution in [-0.2, 0) is 0 Å². The molecule has 0 amide bonds. The maximum atomic E-state index is 8.14. The second-order valence-corrected chi connectivity index (χ2v) is 1.39. The number of nitrogens with zero attached hydrogens (tertiary/aromatic N) is 3. The molecule has 1 rings (SSSR count). The molecule has 1 aromatic rings. The van der Waals surface area contributed by atoms with E-state index in [2.05, 4.69) is 4.98 Å². The van der Waals surface area contributed by atoms with Crippen LogP contribution in [0, 0.1) is 11.2 Å². The fraction of sp³-hybridized carbons (Fsp3) is 0. The third-order valence-corrected chi connectivity index (χ3v) is 0.812. The van der Waals surface area contributed by atoms with Crippen LogP contribution in [-0.4, -0.2) is 46.4 Å². The fourth-order valence-electron chi connectivity index (χ4n) is 0.462. The molecule has 0 spiro atoms. The van der Waals surface area contributed by atoms with Crippen LogP contribution in [0.2, 0.25) is 0 Å². The molecule has 0 aliphatic rings. The zero-order valence-electron chi connectivity index (χ0n) is 5.28. The van der Waals surface area contributed by atoms with Crippen LogP contribution >= 0.6 is 0 Å². The molecule has 0 atom stereocenters. The number of hydrogen-bond donors (Lipinski definition) is 0. The predicted octanol–water partition coefficient (Wildman–Crippen LogP) is -0.972. The Morgan fingerprint density at radius 2 is 2.56 bits per heavy atom. The van der Waals surface area contributed by atoms with Gasteiger partial charge >= 0.3 is 38.4 Å². The molecule has 0 aromatic carbocycles. The molecule has 40 valence electrons. The summed E-state index contributed by atoms with van der Waals surface area (Å²) < 4.78 is 1.71. The van der Waals surface area contributed by atoms with Gasteiger partial charge in [-0.2, -0.15) is 0 Å². The van der Waals surface area contributed by atoms with Gasteiger partial charge in [0.1, 0.15) is 0 Å². The van der Waals surface area contributed by atoms with Crippen molar-refractivity contribution < 1.29 is 1.43 Å². The van der Waals surface area contributed by atoms with E-state index < -0.39 is 0 Å². The van der Waals surface area contributed by atoms with Gasteiger partial charge in [0.05, 0.1) is 6.33 Å². The summed E-state index contributed by atoms with van der Waals surface area (Å²) in [6.07, 6.45) is 5.02. The molecular weight excluding hydrogens is 124 g/mol. The molecular formula is C4H6BN3Na+. The molecule has 0 aliphatic carbocycles. The van der Waals surface area contributed by atoms with Crippen LogP contribution in [0.15, 0.2) is 18.7 Å². The van der Waals surface area contributed by atoms with E-state index >= 15 is 0 Å². The summed E-state index contributed by atoms with van der Waals surface area (Å²) >= 11 is 0. The van der Waals surface area contributed by atoms with Crippen LogP contribution in [0.5, 0.6) is 0 Å². The van der Waals surface area contributed by atoms with Crippen LogP contribution in [0.3, 0.4) is 0 Å². The summed E-state index contributed by atoms with van der Waals surface area (Å²) in [5.74, 6) is 1.99. The molecule has 9 heavy (non-hydrogen) atoms. The van der Waals surface area contributed by atoms with Gasteiger partial charge in [0.25, 0.3) is 0 Å². The standard InChI is InChI=1S/C4H4BN3.Na.H/c6-3-5-8-2-1-7-4-8;;/h1-2,4-5H;;/p+1. The van der Waals surface area contributed by atoms with Gasteiger partial charge in [0.2, 0.25) is 0 Å². The van der Waals surface area contributed by atoms with Crippen LogP contribution in [0.4, 0.5) is 0 Å². The number of nitriles is 1. The van der Waals surface area contributed by atoms with E-state index in [1.165, 1.54) is 0 Å². The summed E-state index contributed by atoms with van der Waals surface area (Å²) in [6, 6.07) is 0. The van der Waals surface area contributed by atoms with Gasteiger partial charge in [-0.1, -0.05) is 0 Å². The first-order valence-corrected chi connectivity index (χ1v) is 2.26. The van der Waals surface area contributed by atoms with Gasteiger partial charge in [-0.05, 0) is 0 Å². The van der Waals surface area contributed by atoms with E-state index in [4.69, 9.17) is 5.26 Å². The Morgan fingerprint density at radius 3 is 3.00 bits per heavy atom. The fourth-order valence-corrected chi connectivity index (χ4v) is 0.462. The topological polar surface area (TPSA) is 41.6 Å². The van der Waals surface area contributed by atoms with Gasteiger partial charge in [0, 0.05) is 18.4 Å². The summed E-state index contributed by atoms with van der Waals surface area (Å²) in [6.45, 7) is 0. The SMILES string of the molecule is N#CBn1ccnc1.[H+].[NaH]. The van der Waals surface area contributed by atoms with Crippen LogP contribution < -0.4 is 0 Å². The van der Waals surface area contributed by atoms with E-state index in [1.54, 1.807) is 23.2 Å². The first-order valence-electron chi connectivity index (χ1n) is 2.26. The molecule has 0 N–H and O–H groups in total. The van der Waals surface area contributed by atoms with Crippen LogP contribution in [0.1, 0.15) is 1.43 Å². The van der Waals surface area contributed by atoms with E-state index in [9.17, 15) is 0 Å². The van der Waals surface area contributed by atoms with E-state index in [1.807, 2.05) is 5.97 Å². The molecule has 0 radical (unpaired) electrons. The molecule has 3 nitrogen and oxygen atoms in total. The van der Waals surface area contributed by atoms with Crippen molar-refractivity contribution in [1.82, 2.24) is 9.46 Å². The summed E-state index contributed by atoms with van der Waals surface area (Å²) in [7, 11) is 0.389. The molecule has 0 fully saturated rings. The predicted molar refractivity (Wildman–Crippen MR) is 38.6 cm³/mol. The number of hydrogen-bond acceptors (Lipinski definition) is 2. The Kier molecular flexibility index (Phi) is 4.50. The van der Waals surface area contributed by atoms with Gasteiger partial charge in [-0.25, -0.2) is 10.2 Å². The first-order chi connectivity index (χ1) is 3.93. The Bertz CT molecular complexity index is 195. The monoisotopic (exact) mass is 130 g/mol. The zero-order valence-corrected chi connectivity index (χ0v) is 4.28. The second-order valence-electron chi connectivity index (χ2n) is 1.39. The average molecular weight is 130 g/mol. The summed E-state index contributed by atoms with van der Waals surface area (Å²) in [5.41, 5.74) is 0. The molecule has 0 saturated heterocycles. The van der Waals surface area contributed by atoms with Crippen molar-refractivity contribution in [2.45, 2.75) is 0 Å². The molecule has 0 aliphatic heterocycles. The molecule has 0 bridgehead atoms. The maximum absolute atomic E-state index is 8.14. The number of imidazole rings is 1. The average Bonchev–Trinajstić information content (AvgIpc) is 2.19.